The van der Waals surface area contributed by atoms with Crippen LogP contribution >= 0.6 is 0 Å². The Bertz CT molecular complexity index is 1190. The number of H-pyrrole nitrogens is 2. The van der Waals surface area contributed by atoms with Crippen LogP contribution in [0.5, 0.6) is 0 Å². The molecule has 0 saturated carbocycles. The number of rotatable bonds is 5. The maximum absolute atomic E-state index is 3.82. The topological polar surface area (TPSA) is 52.3 Å². The standard InChI is InChI=1S/C28H30N4/c1-5-13-23-19(9-1)27(20-10-2-6-14-24(20)31-23)29-17-18-30-28-21-11-3-7-15-25(21)32-26-16-8-4-12-22(26)28/h1,3,5,7,9,11,13,15H,2,4,6,8,10,12,14,16-18H2,(H,29,31)(H,30,32)/p+2. The molecular weight excluding hydrogens is 392 g/mol. The molecule has 4 nitrogen and oxygen atoms in total. The number of anilines is 2. The summed E-state index contributed by atoms with van der Waals surface area (Å²) in [5.41, 5.74) is 11.0. The van der Waals surface area contributed by atoms with Crippen molar-refractivity contribution in [3.8, 4) is 0 Å². The molecule has 6 rings (SSSR count). The van der Waals surface area contributed by atoms with Crippen molar-refractivity contribution < 1.29 is 9.97 Å². The molecule has 0 spiro atoms. The van der Waals surface area contributed by atoms with E-state index in [0.29, 0.717) is 0 Å². The van der Waals surface area contributed by atoms with E-state index in [1.54, 1.807) is 0 Å². The van der Waals surface area contributed by atoms with Crippen LogP contribution in [0.15, 0.2) is 48.5 Å². The summed E-state index contributed by atoms with van der Waals surface area (Å²) < 4.78 is 0. The molecule has 0 fully saturated rings. The van der Waals surface area contributed by atoms with Crippen molar-refractivity contribution in [2.75, 3.05) is 23.7 Å². The predicted octanol–water partition coefficient (Wildman–Crippen LogP) is 4.90. The summed E-state index contributed by atoms with van der Waals surface area (Å²) in [6.07, 6.45) is 9.78. The Kier molecular flexibility index (Phi) is 5.14. The zero-order valence-corrected chi connectivity index (χ0v) is 18.7. The fraction of sp³-hybridized carbons (Fsp3) is 0.357. The summed E-state index contributed by atoms with van der Waals surface area (Å²) in [4.78, 5) is 7.40. The number of pyridine rings is 2. The largest absolute Gasteiger partial charge is 0.382 e. The van der Waals surface area contributed by atoms with Crippen molar-refractivity contribution >= 4 is 33.2 Å². The van der Waals surface area contributed by atoms with Gasteiger partial charge in [-0.3, -0.25) is 0 Å². The minimum atomic E-state index is 0.905. The highest BCUT2D eigenvalue weighted by atomic mass is 15.0. The molecule has 2 aromatic carbocycles. The number of fused-ring (bicyclic) bond motifs is 4. The molecule has 4 aromatic rings. The van der Waals surface area contributed by atoms with Gasteiger partial charge >= 0.3 is 0 Å². The van der Waals surface area contributed by atoms with Crippen LogP contribution in [0.25, 0.3) is 21.8 Å². The third-order valence-electron chi connectivity index (χ3n) is 7.23. The van der Waals surface area contributed by atoms with E-state index >= 15 is 0 Å². The van der Waals surface area contributed by atoms with E-state index in [1.165, 1.54) is 94.2 Å². The number of para-hydroxylation sites is 2. The minimum Gasteiger partial charge on any atom is -0.382 e. The third-order valence-corrected chi connectivity index (χ3v) is 7.23. The van der Waals surface area contributed by atoms with E-state index in [2.05, 4.69) is 69.1 Å². The third kappa shape index (κ3) is 3.48. The van der Waals surface area contributed by atoms with Gasteiger partial charge in [0.2, 0.25) is 11.0 Å². The van der Waals surface area contributed by atoms with E-state index < -0.39 is 0 Å². The van der Waals surface area contributed by atoms with Crippen molar-refractivity contribution in [1.82, 2.24) is 0 Å². The van der Waals surface area contributed by atoms with Crippen LogP contribution in [0.4, 0.5) is 11.4 Å². The Labute approximate surface area is 189 Å². The zero-order chi connectivity index (χ0) is 21.3. The first-order valence-corrected chi connectivity index (χ1v) is 12.3. The lowest BCUT2D eigenvalue weighted by Gasteiger charge is -2.20. The van der Waals surface area contributed by atoms with E-state index in [-0.39, 0.29) is 0 Å². The van der Waals surface area contributed by atoms with Gasteiger partial charge in [-0.05, 0) is 50.7 Å². The summed E-state index contributed by atoms with van der Waals surface area (Å²) in [7, 11) is 0. The van der Waals surface area contributed by atoms with Gasteiger partial charge in [0.1, 0.15) is 0 Å². The second kappa shape index (κ2) is 8.42. The lowest BCUT2D eigenvalue weighted by molar-refractivity contribution is -0.359. The normalized spacial score (nSPS) is 15.4. The predicted molar refractivity (Wildman–Crippen MR) is 131 cm³/mol. The highest BCUT2D eigenvalue weighted by Gasteiger charge is 2.24. The molecule has 2 aliphatic rings. The maximum atomic E-state index is 3.82. The Morgan fingerprint density at radius 1 is 0.562 bits per heavy atom. The fourth-order valence-electron chi connectivity index (χ4n) is 5.69. The summed E-state index contributed by atoms with van der Waals surface area (Å²) in [6.45, 7) is 1.81. The SMILES string of the molecule is c1ccc2c(NCCNc3c4c([nH+]c5ccccc35)CCCC4)c3c([nH+]c2c1)CCCC3. The van der Waals surface area contributed by atoms with Crippen molar-refractivity contribution in [3.63, 3.8) is 0 Å². The lowest BCUT2D eigenvalue weighted by Crippen LogP contribution is -2.24. The van der Waals surface area contributed by atoms with Gasteiger partial charge in [-0.25, -0.2) is 9.97 Å². The van der Waals surface area contributed by atoms with Crippen LogP contribution in [0.2, 0.25) is 0 Å². The molecule has 0 saturated heterocycles. The molecule has 0 amide bonds. The number of nitrogens with one attached hydrogen (secondary N) is 4. The quantitative estimate of drug-likeness (QED) is 0.448. The van der Waals surface area contributed by atoms with Gasteiger partial charge in [0.15, 0.2) is 11.4 Å². The van der Waals surface area contributed by atoms with Crippen molar-refractivity contribution in [2.24, 2.45) is 0 Å². The average molecular weight is 425 g/mol. The number of aryl methyl sites for hydroxylation is 2. The molecule has 32 heavy (non-hydrogen) atoms. The molecule has 0 bridgehead atoms. The van der Waals surface area contributed by atoms with Crippen LogP contribution in [0.1, 0.15) is 48.2 Å². The average Bonchev–Trinajstić information content (AvgIpc) is 2.85. The first-order chi connectivity index (χ1) is 15.9. The summed E-state index contributed by atoms with van der Waals surface area (Å²) in [5.74, 6) is 0. The molecule has 2 heterocycles. The van der Waals surface area contributed by atoms with Gasteiger partial charge in [-0.2, -0.15) is 0 Å². The molecule has 0 unspecified atom stereocenters. The summed E-state index contributed by atoms with van der Waals surface area (Å²) in [6, 6.07) is 17.4. The van der Waals surface area contributed by atoms with E-state index in [4.69, 9.17) is 0 Å². The highest BCUT2D eigenvalue weighted by Crippen LogP contribution is 2.32. The van der Waals surface area contributed by atoms with Gasteiger partial charge in [0.05, 0.1) is 22.1 Å². The summed E-state index contributed by atoms with van der Waals surface area (Å²) >= 11 is 0. The van der Waals surface area contributed by atoms with Crippen molar-refractivity contribution in [3.05, 3.63) is 71.0 Å². The highest BCUT2D eigenvalue weighted by molar-refractivity contribution is 5.92. The Hall–Kier alpha value is -3.14. The molecule has 162 valence electrons. The minimum absolute atomic E-state index is 0.905. The van der Waals surface area contributed by atoms with Crippen LogP contribution in [0.3, 0.4) is 0 Å². The fourth-order valence-corrected chi connectivity index (χ4v) is 5.69. The Morgan fingerprint density at radius 2 is 1.00 bits per heavy atom. The van der Waals surface area contributed by atoms with Gasteiger partial charge in [-0.1, -0.05) is 24.3 Å². The molecule has 4 N–H and O–H groups in total. The number of aromatic nitrogens is 2. The van der Waals surface area contributed by atoms with Crippen LogP contribution in [0, 0.1) is 0 Å². The molecule has 2 aliphatic carbocycles. The second-order valence-corrected chi connectivity index (χ2v) is 9.27. The summed E-state index contributed by atoms with van der Waals surface area (Å²) in [5, 5.41) is 10.3. The molecule has 0 atom stereocenters. The van der Waals surface area contributed by atoms with Crippen molar-refractivity contribution in [2.45, 2.75) is 51.4 Å². The van der Waals surface area contributed by atoms with Gasteiger partial charge in [0.25, 0.3) is 0 Å². The van der Waals surface area contributed by atoms with Crippen LogP contribution < -0.4 is 20.6 Å². The molecule has 0 radical (unpaired) electrons. The van der Waals surface area contributed by atoms with Crippen molar-refractivity contribution in [1.29, 1.82) is 0 Å². The number of aromatic amines is 2. The van der Waals surface area contributed by atoms with Gasteiger partial charge in [-0.15, -0.1) is 0 Å². The van der Waals surface area contributed by atoms with Gasteiger partial charge < -0.3 is 10.6 Å². The van der Waals surface area contributed by atoms with E-state index in [0.717, 1.165) is 25.9 Å². The smallest absolute Gasteiger partial charge is 0.213 e. The first-order valence-electron chi connectivity index (χ1n) is 12.3. The molecular formula is C28H32N4+2. The Balaban J connectivity index is 1.27. The van der Waals surface area contributed by atoms with E-state index in [1.807, 2.05) is 0 Å². The monoisotopic (exact) mass is 424 g/mol. The first kappa shape index (κ1) is 19.5. The van der Waals surface area contributed by atoms with Crippen LogP contribution in [-0.2, 0) is 25.7 Å². The molecule has 4 heteroatoms. The van der Waals surface area contributed by atoms with E-state index in [9.17, 15) is 0 Å². The number of hydrogen-bond donors (Lipinski definition) is 2. The number of benzene rings is 2. The number of hydrogen-bond acceptors (Lipinski definition) is 2. The zero-order valence-electron chi connectivity index (χ0n) is 18.7. The van der Waals surface area contributed by atoms with Crippen LogP contribution in [-0.4, -0.2) is 13.1 Å². The lowest BCUT2D eigenvalue weighted by atomic mass is 9.92. The van der Waals surface area contributed by atoms with Gasteiger partial charge in [0, 0.05) is 49.2 Å². The Morgan fingerprint density at radius 3 is 1.50 bits per heavy atom. The maximum Gasteiger partial charge on any atom is 0.213 e. The molecule has 2 aromatic heterocycles. The molecule has 0 aliphatic heterocycles. The second-order valence-electron chi connectivity index (χ2n) is 9.27.